The van der Waals surface area contributed by atoms with Crippen LogP contribution in [0.2, 0.25) is 0 Å². The number of benzene rings is 1. The van der Waals surface area contributed by atoms with Crippen LogP contribution >= 0.6 is 11.8 Å². The number of methoxy groups -OCH3 is 1. The first-order chi connectivity index (χ1) is 17.5. The molecular formula is C24H28FN7O3S. The number of nitrogens with one attached hydrogen (secondary N) is 3. The van der Waals surface area contributed by atoms with Crippen molar-refractivity contribution in [2.45, 2.75) is 55.4 Å². The number of ether oxygens (including phenoxy) is 1. The molecule has 1 amide bonds. The summed E-state index contributed by atoms with van der Waals surface area (Å²) < 4.78 is 19.8. The first-order valence-corrected chi connectivity index (χ1v) is 12.8. The Morgan fingerprint density at radius 1 is 1.22 bits per heavy atom. The van der Waals surface area contributed by atoms with Gasteiger partial charge in [-0.15, -0.1) is 0 Å². The molecule has 5 rings (SSSR count). The van der Waals surface area contributed by atoms with Gasteiger partial charge in [-0.1, -0.05) is 11.8 Å². The minimum absolute atomic E-state index is 0.00197. The fraction of sp³-hybridized carbons (Fsp3) is 0.458. The highest BCUT2D eigenvalue weighted by molar-refractivity contribution is 8.00. The number of hydrogen-bond donors (Lipinski definition) is 4. The molecular weight excluding hydrogens is 485 g/mol. The lowest BCUT2D eigenvalue weighted by Gasteiger charge is -2.40. The van der Waals surface area contributed by atoms with Crippen LogP contribution < -0.4 is 20.7 Å². The van der Waals surface area contributed by atoms with Crippen LogP contribution in [-0.4, -0.2) is 62.0 Å². The summed E-state index contributed by atoms with van der Waals surface area (Å²) in [5.74, 6) is 0.760. The number of anilines is 1. The molecule has 2 aliphatic rings. The summed E-state index contributed by atoms with van der Waals surface area (Å²) in [7, 11) is 1.51. The van der Waals surface area contributed by atoms with Crippen LogP contribution in [-0.2, 0) is 17.9 Å². The Bertz CT molecular complexity index is 1270. The summed E-state index contributed by atoms with van der Waals surface area (Å²) in [5, 5.41) is 20.6. The Labute approximate surface area is 211 Å². The topological polar surface area (TPSA) is 134 Å². The zero-order chi connectivity index (χ0) is 25.1. The van der Waals surface area contributed by atoms with Crippen molar-refractivity contribution < 1.29 is 19.0 Å². The van der Waals surface area contributed by atoms with Crippen LogP contribution in [0.3, 0.4) is 0 Å². The monoisotopic (exact) mass is 513 g/mol. The highest BCUT2D eigenvalue weighted by atomic mass is 32.2. The Morgan fingerprint density at radius 3 is 2.83 bits per heavy atom. The van der Waals surface area contributed by atoms with E-state index >= 15 is 0 Å². The van der Waals surface area contributed by atoms with Crippen LogP contribution in [0.4, 0.5) is 10.2 Å². The average molecular weight is 514 g/mol. The summed E-state index contributed by atoms with van der Waals surface area (Å²) >= 11 is 1.37. The molecule has 12 heteroatoms. The number of fused-ring (bicyclic) bond motifs is 2. The molecule has 1 fully saturated rings. The Kier molecular flexibility index (Phi) is 7.28. The number of carbonyl (C=O) groups is 1. The summed E-state index contributed by atoms with van der Waals surface area (Å²) in [5.41, 5.74) is 1.84. The van der Waals surface area contributed by atoms with E-state index in [4.69, 9.17) is 4.74 Å². The fourth-order valence-electron chi connectivity index (χ4n) is 4.64. The lowest BCUT2D eigenvalue weighted by Crippen LogP contribution is -2.53. The van der Waals surface area contributed by atoms with Gasteiger partial charge in [0.05, 0.1) is 43.1 Å². The van der Waals surface area contributed by atoms with E-state index in [0.29, 0.717) is 57.9 Å². The minimum atomic E-state index is -0.433. The second-order valence-corrected chi connectivity index (χ2v) is 10.1. The van der Waals surface area contributed by atoms with Crippen molar-refractivity contribution in [2.24, 2.45) is 0 Å². The number of nitrogens with zero attached hydrogens (tertiary/aromatic N) is 4. The predicted octanol–water partition coefficient (Wildman–Crippen LogP) is 2.16. The molecule has 0 radical (unpaired) electrons. The maximum atomic E-state index is 14.6. The molecule has 190 valence electrons. The molecule has 0 bridgehead atoms. The Balaban J connectivity index is 1.19. The first kappa shape index (κ1) is 24.8. The predicted molar refractivity (Wildman–Crippen MR) is 133 cm³/mol. The number of amides is 1. The van der Waals surface area contributed by atoms with Crippen molar-refractivity contribution >= 4 is 34.5 Å². The summed E-state index contributed by atoms with van der Waals surface area (Å²) in [6.45, 7) is 0.753. The normalized spacial score (nSPS) is 21.8. The molecule has 3 aromatic rings. The van der Waals surface area contributed by atoms with Crippen molar-refractivity contribution in [3.8, 4) is 5.88 Å². The van der Waals surface area contributed by atoms with E-state index in [1.165, 1.54) is 31.1 Å². The Hall–Kier alpha value is -2.93. The van der Waals surface area contributed by atoms with Gasteiger partial charge in [0.25, 0.3) is 0 Å². The number of rotatable bonds is 8. The van der Waals surface area contributed by atoms with Gasteiger partial charge >= 0.3 is 0 Å². The van der Waals surface area contributed by atoms with E-state index in [1.807, 2.05) is 0 Å². The van der Waals surface area contributed by atoms with E-state index in [2.05, 4.69) is 35.9 Å². The van der Waals surface area contributed by atoms with Crippen molar-refractivity contribution in [2.75, 3.05) is 24.8 Å². The lowest BCUT2D eigenvalue weighted by atomic mass is 9.79. The molecule has 36 heavy (non-hydrogen) atoms. The molecule has 3 heterocycles. The standard InChI is InChI=1S/C24H28FN7O3S/c1-35-20-11-27-18-3-2-17(25)16(21(18)32-20)10-26-14-4-6-24(13-33,7-5-14)29-9-15-8-28-23-22(30-15)31-19(34)12-36-23/h2-3,8,11,14,26,29,33H,4-7,9-10,12-13H2,1H3,(H,30,31,34)/t14-,24-. The molecule has 1 aliphatic heterocycles. The zero-order valence-electron chi connectivity index (χ0n) is 19.9. The average Bonchev–Trinajstić information content (AvgIpc) is 2.91. The third-order valence-corrected chi connectivity index (χ3v) is 7.77. The fourth-order valence-corrected chi connectivity index (χ4v) is 5.34. The molecule has 1 saturated carbocycles. The van der Waals surface area contributed by atoms with Gasteiger partial charge in [-0.25, -0.2) is 24.3 Å². The third-order valence-electron chi connectivity index (χ3n) is 6.79. The summed E-state index contributed by atoms with van der Waals surface area (Å²) in [6.07, 6.45) is 6.35. The summed E-state index contributed by atoms with van der Waals surface area (Å²) in [6, 6.07) is 3.20. The smallest absolute Gasteiger partial charge is 0.236 e. The molecule has 1 aromatic carbocycles. The number of aliphatic hydroxyl groups is 1. The van der Waals surface area contributed by atoms with Crippen LogP contribution in [0.15, 0.2) is 29.6 Å². The van der Waals surface area contributed by atoms with Gasteiger partial charge in [-0.3, -0.25) is 4.79 Å². The molecule has 0 atom stereocenters. The number of aromatic nitrogens is 4. The SMILES string of the molecule is COc1cnc2ccc(F)c(CN[C@H]3CC[C@](CO)(NCc4cnc5c(n4)NC(=O)CS5)CC3)c2n1. The second-order valence-electron chi connectivity index (χ2n) is 9.11. The third kappa shape index (κ3) is 5.26. The van der Waals surface area contributed by atoms with E-state index in [0.717, 1.165) is 25.7 Å². The maximum Gasteiger partial charge on any atom is 0.236 e. The number of thioether (sulfide) groups is 1. The first-order valence-electron chi connectivity index (χ1n) is 11.8. The van der Waals surface area contributed by atoms with Crippen molar-refractivity contribution in [1.82, 2.24) is 30.6 Å². The summed E-state index contributed by atoms with van der Waals surface area (Å²) in [4.78, 5) is 29.2. The maximum absolute atomic E-state index is 14.6. The van der Waals surface area contributed by atoms with Gasteiger partial charge in [0.2, 0.25) is 11.8 Å². The van der Waals surface area contributed by atoms with Crippen molar-refractivity contribution in [3.63, 3.8) is 0 Å². The van der Waals surface area contributed by atoms with Gasteiger partial charge in [0, 0.05) is 30.2 Å². The van der Waals surface area contributed by atoms with Crippen LogP contribution in [0.1, 0.15) is 36.9 Å². The number of aliphatic hydroxyl groups excluding tert-OH is 1. The quantitative estimate of drug-likeness (QED) is 0.355. The van der Waals surface area contributed by atoms with Gasteiger partial charge in [-0.2, -0.15) is 0 Å². The Morgan fingerprint density at radius 2 is 2.06 bits per heavy atom. The molecule has 0 spiro atoms. The van der Waals surface area contributed by atoms with Gasteiger partial charge in [-0.05, 0) is 37.8 Å². The zero-order valence-corrected chi connectivity index (χ0v) is 20.7. The number of halogens is 1. The van der Waals surface area contributed by atoms with Crippen LogP contribution in [0.25, 0.3) is 11.0 Å². The van der Waals surface area contributed by atoms with Crippen molar-refractivity contribution in [3.05, 3.63) is 41.6 Å². The largest absolute Gasteiger partial charge is 0.480 e. The molecule has 0 unspecified atom stereocenters. The highest BCUT2D eigenvalue weighted by Crippen LogP contribution is 2.30. The van der Waals surface area contributed by atoms with E-state index in [9.17, 15) is 14.3 Å². The molecule has 1 aliphatic carbocycles. The number of carbonyl (C=O) groups excluding carboxylic acids is 1. The van der Waals surface area contributed by atoms with Gasteiger partial charge in [0.1, 0.15) is 16.4 Å². The number of hydrogen-bond acceptors (Lipinski definition) is 10. The minimum Gasteiger partial charge on any atom is -0.480 e. The van der Waals surface area contributed by atoms with E-state index in [-0.39, 0.29) is 24.4 Å². The molecule has 10 nitrogen and oxygen atoms in total. The second kappa shape index (κ2) is 10.6. The van der Waals surface area contributed by atoms with Crippen molar-refractivity contribution in [1.29, 1.82) is 0 Å². The molecule has 0 saturated heterocycles. The van der Waals surface area contributed by atoms with Crippen LogP contribution in [0.5, 0.6) is 5.88 Å². The van der Waals surface area contributed by atoms with E-state index in [1.54, 1.807) is 12.3 Å². The molecule has 2 aromatic heterocycles. The van der Waals surface area contributed by atoms with E-state index < -0.39 is 5.54 Å². The van der Waals surface area contributed by atoms with Gasteiger partial charge in [0.15, 0.2) is 5.82 Å². The lowest BCUT2D eigenvalue weighted by molar-refractivity contribution is -0.113. The highest BCUT2D eigenvalue weighted by Gasteiger charge is 2.34. The van der Waals surface area contributed by atoms with Gasteiger partial charge < -0.3 is 25.8 Å². The molecule has 4 N–H and O–H groups in total. The van der Waals surface area contributed by atoms with Crippen LogP contribution in [0, 0.1) is 5.82 Å².